The lowest BCUT2D eigenvalue weighted by atomic mass is 10.1. The number of nitrogens with zero attached hydrogens (tertiary/aromatic N) is 5. The van der Waals surface area contributed by atoms with Gasteiger partial charge in [0.25, 0.3) is 17.7 Å². The molecular weight excluding hydrogens is 862 g/mol. The van der Waals surface area contributed by atoms with E-state index >= 15 is 0 Å². The number of rotatable bonds is 18. The number of ether oxygens (including phenoxy) is 5. The molecular formula is C46H44N5O13P. The first kappa shape index (κ1) is 46.1. The Morgan fingerprint density at radius 2 is 1.15 bits per heavy atom. The third-order valence-electron chi connectivity index (χ3n) is 9.88. The Morgan fingerprint density at radius 1 is 0.662 bits per heavy atom. The van der Waals surface area contributed by atoms with Gasteiger partial charge in [0.1, 0.15) is 12.4 Å². The Hall–Kier alpha value is -6.95. The minimum atomic E-state index is -4.35. The minimum absolute atomic E-state index is 0.00350. The monoisotopic (exact) mass is 905 g/mol. The number of hydrogen-bond acceptors (Lipinski definition) is 16. The largest absolute Gasteiger partial charge is 0.464 e. The van der Waals surface area contributed by atoms with E-state index in [1.54, 1.807) is 118 Å². The summed E-state index contributed by atoms with van der Waals surface area (Å²) in [6.45, 7) is 3.71. The Labute approximate surface area is 372 Å². The van der Waals surface area contributed by atoms with Gasteiger partial charge in [-0.3, -0.25) is 18.7 Å². The van der Waals surface area contributed by atoms with Crippen molar-refractivity contribution in [1.29, 1.82) is 0 Å². The summed E-state index contributed by atoms with van der Waals surface area (Å²) >= 11 is 0. The Balaban J connectivity index is 1.34. The molecule has 18 nitrogen and oxygen atoms in total. The molecule has 7 rings (SSSR count). The first-order valence-electron chi connectivity index (χ1n) is 20.6. The van der Waals surface area contributed by atoms with Gasteiger partial charge in [-0.25, -0.2) is 34.2 Å². The van der Waals surface area contributed by atoms with Gasteiger partial charge in [-0.15, -0.1) is 0 Å². The van der Waals surface area contributed by atoms with Crippen LogP contribution in [0.4, 0.5) is 5.82 Å². The molecule has 0 bridgehead atoms. The second-order valence-corrected chi connectivity index (χ2v) is 16.1. The fourth-order valence-corrected chi connectivity index (χ4v) is 8.65. The Morgan fingerprint density at radius 3 is 1.65 bits per heavy atom. The predicted octanol–water partition coefficient (Wildman–Crippen LogP) is 6.83. The predicted molar refractivity (Wildman–Crippen MR) is 232 cm³/mol. The molecule has 1 unspecified atom stereocenters. The van der Waals surface area contributed by atoms with Crippen molar-refractivity contribution in [3.05, 3.63) is 156 Å². The van der Waals surface area contributed by atoms with Crippen molar-refractivity contribution >= 4 is 54.3 Å². The molecule has 65 heavy (non-hydrogen) atoms. The van der Waals surface area contributed by atoms with E-state index in [9.17, 15) is 28.5 Å². The summed E-state index contributed by atoms with van der Waals surface area (Å²) in [4.78, 5) is 83.9. The van der Waals surface area contributed by atoms with Crippen molar-refractivity contribution in [2.45, 2.75) is 51.2 Å². The van der Waals surface area contributed by atoms with E-state index < -0.39 is 74.3 Å². The SMILES string of the molecule is CCOC(=O)C(OC[C@H]1O[C@@H](n2cnc3c(N(C(=O)c4ccccc4)C(=O)c4ccccc4)ncnc32)[C@H](OC(=O)c2ccccc2)[C@@H]1OC(=O)c1ccccc1)P(=O)(OCC)OCC. The summed E-state index contributed by atoms with van der Waals surface area (Å²) < 4.78 is 56.5. The molecule has 2 amide bonds. The van der Waals surface area contributed by atoms with E-state index in [1.165, 1.54) is 35.2 Å². The third-order valence-corrected chi connectivity index (χ3v) is 12.0. The maximum atomic E-state index is 14.2. The highest BCUT2D eigenvalue weighted by molar-refractivity contribution is 7.55. The summed E-state index contributed by atoms with van der Waals surface area (Å²) in [5.41, 5.74) is 0.615. The van der Waals surface area contributed by atoms with Crippen molar-refractivity contribution in [3.63, 3.8) is 0 Å². The number of carbonyl (C=O) groups is 5. The average molecular weight is 906 g/mol. The highest BCUT2D eigenvalue weighted by Crippen LogP contribution is 2.54. The highest BCUT2D eigenvalue weighted by Gasteiger charge is 2.53. The molecule has 5 atom stereocenters. The van der Waals surface area contributed by atoms with Gasteiger partial charge in [-0.2, -0.15) is 0 Å². The Kier molecular flexibility index (Phi) is 15.0. The number of fused-ring (bicyclic) bond motifs is 1. The first-order chi connectivity index (χ1) is 31.6. The number of esters is 3. The molecule has 2 aromatic heterocycles. The van der Waals surface area contributed by atoms with Crippen LogP contribution in [0, 0.1) is 0 Å². The fraction of sp³-hybridized carbons (Fsp3) is 0.261. The molecule has 0 radical (unpaired) electrons. The molecule has 1 aliphatic heterocycles. The van der Waals surface area contributed by atoms with Crippen LogP contribution in [0.2, 0.25) is 0 Å². The normalized spacial score (nSPS) is 17.5. The molecule has 1 saturated heterocycles. The second kappa shape index (κ2) is 21.2. The zero-order valence-electron chi connectivity index (χ0n) is 35.4. The third kappa shape index (κ3) is 10.2. The minimum Gasteiger partial charge on any atom is -0.464 e. The van der Waals surface area contributed by atoms with Gasteiger partial charge in [-0.1, -0.05) is 72.8 Å². The van der Waals surface area contributed by atoms with Crippen LogP contribution in [0.25, 0.3) is 11.2 Å². The summed E-state index contributed by atoms with van der Waals surface area (Å²) in [6.07, 6.45) is -3.45. The topological polar surface area (TPSA) is 214 Å². The van der Waals surface area contributed by atoms with Gasteiger partial charge in [0, 0.05) is 11.1 Å². The Bertz CT molecular complexity index is 2590. The maximum absolute atomic E-state index is 14.2. The van der Waals surface area contributed by atoms with Crippen LogP contribution < -0.4 is 4.90 Å². The van der Waals surface area contributed by atoms with Crippen molar-refractivity contribution < 1.29 is 61.3 Å². The number of carbonyl (C=O) groups excluding carboxylic acids is 5. The van der Waals surface area contributed by atoms with E-state index in [4.69, 9.17) is 32.7 Å². The molecule has 19 heteroatoms. The summed E-state index contributed by atoms with van der Waals surface area (Å²) in [7, 11) is -4.35. The summed E-state index contributed by atoms with van der Waals surface area (Å²) in [5.74, 6) is -6.24. The lowest BCUT2D eigenvalue weighted by molar-refractivity contribution is -0.155. The van der Waals surface area contributed by atoms with Crippen LogP contribution in [-0.2, 0) is 42.1 Å². The fourth-order valence-electron chi connectivity index (χ4n) is 6.98. The molecule has 0 aliphatic carbocycles. The van der Waals surface area contributed by atoms with Crippen molar-refractivity contribution in [2.24, 2.45) is 0 Å². The van der Waals surface area contributed by atoms with Gasteiger partial charge < -0.3 is 32.7 Å². The lowest BCUT2D eigenvalue weighted by Gasteiger charge is -2.27. The smallest absolute Gasteiger partial charge is 0.370 e. The van der Waals surface area contributed by atoms with E-state index in [0.717, 1.165) is 11.2 Å². The van der Waals surface area contributed by atoms with Crippen LogP contribution in [0.1, 0.15) is 68.4 Å². The molecule has 0 N–H and O–H groups in total. The van der Waals surface area contributed by atoms with Gasteiger partial charge in [-0.05, 0) is 69.3 Å². The van der Waals surface area contributed by atoms with Gasteiger partial charge in [0.05, 0.1) is 43.9 Å². The van der Waals surface area contributed by atoms with E-state index in [2.05, 4.69) is 15.0 Å². The van der Waals surface area contributed by atoms with E-state index in [1.807, 2.05) is 0 Å². The second-order valence-electron chi connectivity index (χ2n) is 14.0. The molecule has 3 heterocycles. The number of imide groups is 1. The van der Waals surface area contributed by atoms with Gasteiger partial charge in [0.2, 0.25) is 0 Å². The number of aromatic nitrogens is 4. The lowest BCUT2D eigenvalue weighted by Crippen LogP contribution is -2.42. The number of imidazole rings is 1. The maximum Gasteiger partial charge on any atom is 0.370 e. The molecule has 4 aromatic carbocycles. The molecule has 1 aliphatic rings. The van der Waals surface area contributed by atoms with Crippen LogP contribution in [0.15, 0.2) is 134 Å². The summed E-state index contributed by atoms with van der Waals surface area (Å²) in [5, 5.41) is 0. The van der Waals surface area contributed by atoms with Gasteiger partial charge in [0.15, 0.2) is 35.4 Å². The number of benzene rings is 4. The number of amides is 2. The van der Waals surface area contributed by atoms with E-state index in [0.29, 0.717) is 0 Å². The molecule has 6 aromatic rings. The first-order valence-corrected chi connectivity index (χ1v) is 22.2. The van der Waals surface area contributed by atoms with Crippen LogP contribution in [0.5, 0.6) is 0 Å². The number of hydrogen-bond donors (Lipinski definition) is 0. The summed E-state index contributed by atoms with van der Waals surface area (Å²) in [6, 6.07) is 32.3. The zero-order chi connectivity index (χ0) is 45.9. The van der Waals surface area contributed by atoms with Crippen molar-refractivity contribution in [2.75, 3.05) is 31.3 Å². The standard InChI is InChI=1S/C46H44N5O13P/c1-4-58-45(56)46(65(57,60-5-2)61-6-3)59-27-34-36(63-43(54)32-23-15-9-16-24-32)37(64-44(55)33-25-17-10-18-26-33)42(62-34)50-29-49-35-38(50)47-28-48-39(35)51(40(52)30-19-11-7-12-20-30)41(53)31-21-13-8-14-22-31/h7-26,28-29,34,36-37,42,46H,4-6,27H2,1-3H3/t34-,36-,37-,42-,46?/m1/s1. The van der Waals surface area contributed by atoms with E-state index in [-0.39, 0.29) is 59.1 Å². The van der Waals surface area contributed by atoms with Crippen LogP contribution in [-0.4, -0.2) is 99.8 Å². The van der Waals surface area contributed by atoms with Crippen molar-refractivity contribution in [3.8, 4) is 0 Å². The number of anilines is 1. The molecule has 0 saturated carbocycles. The van der Waals surface area contributed by atoms with Gasteiger partial charge >= 0.3 is 25.5 Å². The average Bonchev–Trinajstić information content (AvgIpc) is 3.91. The highest BCUT2D eigenvalue weighted by atomic mass is 31.2. The van der Waals surface area contributed by atoms with Crippen LogP contribution in [0.3, 0.4) is 0 Å². The van der Waals surface area contributed by atoms with Crippen LogP contribution >= 0.6 is 7.60 Å². The zero-order valence-corrected chi connectivity index (χ0v) is 36.3. The molecule has 1 fully saturated rings. The molecule has 336 valence electrons. The quantitative estimate of drug-likeness (QED) is 0.0374. The molecule has 0 spiro atoms. The van der Waals surface area contributed by atoms with Crippen molar-refractivity contribution in [1.82, 2.24) is 19.5 Å².